The third-order valence-electron chi connectivity index (χ3n) is 3.98. The van der Waals surface area contributed by atoms with Crippen LogP contribution in [0.1, 0.15) is 13.8 Å². The molecule has 0 saturated carbocycles. The van der Waals surface area contributed by atoms with E-state index in [0.29, 0.717) is 5.69 Å². The number of hydrogen-bond acceptors (Lipinski definition) is 5. The van der Waals surface area contributed by atoms with Gasteiger partial charge >= 0.3 is 6.18 Å². The van der Waals surface area contributed by atoms with Crippen LogP contribution in [0.15, 0.2) is 52.3 Å². The number of rotatable bonds is 5. The van der Waals surface area contributed by atoms with Crippen molar-refractivity contribution in [3.63, 3.8) is 0 Å². The summed E-state index contributed by atoms with van der Waals surface area (Å²) < 4.78 is 63.7. The smallest absolute Gasteiger partial charge is 0.373 e. The van der Waals surface area contributed by atoms with Crippen LogP contribution in [0.3, 0.4) is 0 Å². The summed E-state index contributed by atoms with van der Waals surface area (Å²) in [7, 11) is -4.04. The van der Waals surface area contributed by atoms with E-state index in [4.69, 9.17) is 11.6 Å². The van der Waals surface area contributed by atoms with Crippen LogP contribution in [0.2, 0.25) is 5.02 Å². The van der Waals surface area contributed by atoms with Crippen LogP contribution in [0.5, 0.6) is 0 Å². The summed E-state index contributed by atoms with van der Waals surface area (Å²) in [6.07, 6.45) is -5.23. The zero-order valence-electron chi connectivity index (χ0n) is 15.5. The molecule has 12 heteroatoms. The fourth-order valence-corrected chi connectivity index (χ4v) is 3.77. The highest BCUT2D eigenvalue weighted by atomic mass is 35.5. The highest BCUT2D eigenvalue weighted by Crippen LogP contribution is 2.33. The van der Waals surface area contributed by atoms with Crippen molar-refractivity contribution in [3.8, 4) is 0 Å². The van der Waals surface area contributed by atoms with Gasteiger partial charge < -0.3 is 15.7 Å². The predicted octanol–water partition coefficient (Wildman–Crippen LogP) is 3.38. The lowest BCUT2D eigenvalue weighted by molar-refractivity contribution is -0.242. The first kappa shape index (κ1) is 23.6. The third-order valence-corrected chi connectivity index (χ3v) is 6.06. The Morgan fingerprint density at radius 1 is 1.00 bits per heavy atom. The zero-order chi connectivity index (χ0) is 22.9. The molecule has 3 N–H and O–H groups in total. The molecule has 7 nitrogen and oxygen atoms in total. The number of alkyl halides is 3. The molecule has 0 radical (unpaired) electrons. The SMILES string of the molecule is CC(=O)Nc1ccc(S(=O)(=O)c2ccc(NC(=O)[C@@](C)(O)C(F)(F)F)c(Cl)c2)cc1. The fourth-order valence-electron chi connectivity index (χ4n) is 2.19. The molecule has 0 saturated heterocycles. The molecule has 2 aromatic carbocycles. The Morgan fingerprint density at radius 2 is 1.53 bits per heavy atom. The number of halogens is 4. The molecule has 2 amide bonds. The maximum absolute atomic E-state index is 12.7. The van der Waals surface area contributed by atoms with Crippen molar-refractivity contribution in [1.29, 1.82) is 0 Å². The second-order valence-electron chi connectivity index (χ2n) is 6.37. The lowest BCUT2D eigenvalue weighted by Crippen LogP contribution is -2.52. The van der Waals surface area contributed by atoms with Crippen molar-refractivity contribution in [2.75, 3.05) is 10.6 Å². The number of carbonyl (C=O) groups excluding carboxylic acids is 2. The average molecular weight is 465 g/mol. The Morgan fingerprint density at radius 3 is 2.00 bits per heavy atom. The van der Waals surface area contributed by atoms with Crippen molar-refractivity contribution in [1.82, 2.24) is 0 Å². The molecular weight excluding hydrogens is 449 g/mol. The van der Waals surface area contributed by atoms with Gasteiger partial charge in [-0.25, -0.2) is 8.42 Å². The molecule has 162 valence electrons. The molecule has 0 bridgehead atoms. The summed E-state index contributed by atoms with van der Waals surface area (Å²) >= 11 is 5.92. The average Bonchev–Trinajstić information content (AvgIpc) is 2.62. The van der Waals surface area contributed by atoms with Crippen LogP contribution in [0.25, 0.3) is 0 Å². The van der Waals surface area contributed by atoms with Crippen molar-refractivity contribution >= 4 is 44.6 Å². The minimum absolute atomic E-state index is 0.121. The van der Waals surface area contributed by atoms with E-state index in [1.54, 1.807) is 0 Å². The maximum Gasteiger partial charge on any atom is 0.426 e. The van der Waals surface area contributed by atoms with Gasteiger partial charge in [-0.3, -0.25) is 9.59 Å². The lowest BCUT2D eigenvalue weighted by atomic mass is 10.1. The molecule has 0 spiro atoms. The van der Waals surface area contributed by atoms with E-state index in [9.17, 15) is 36.3 Å². The van der Waals surface area contributed by atoms with Gasteiger partial charge in [0.25, 0.3) is 5.91 Å². The van der Waals surface area contributed by atoms with E-state index in [0.717, 1.165) is 18.2 Å². The van der Waals surface area contributed by atoms with E-state index in [-0.39, 0.29) is 33.3 Å². The monoisotopic (exact) mass is 464 g/mol. The lowest BCUT2D eigenvalue weighted by Gasteiger charge is -2.25. The third kappa shape index (κ3) is 4.91. The normalized spacial score (nSPS) is 14.0. The van der Waals surface area contributed by atoms with Gasteiger partial charge in [0.05, 0.1) is 20.5 Å². The minimum Gasteiger partial charge on any atom is -0.373 e. The van der Waals surface area contributed by atoms with Gasteiger partial charge in [0, 0.05) is 12.6 Å². The highest BCUT2D eigenvalue weighted by molar-refractivity contribution is 7.91. The standard InChI is InChI=1S/C18H16ClF3N2O5S/c1-10(25)23-11-3-5-12(6-4-11)30(28,29)13-7-8-15(14(19)9-13)24-16(26)17(2,27)18(20,21)22/h3-9,27H,1-2H3,(H,23,25)(H,24,26)/t17-/m1/s1. The molecule has 0 aliphatic heterocycles. The molecule has 2 aromatic rings. The zero-order valence-corrected chi connectivity index (χ0v) is 17.1. The quantitative estimate of drug-likeness (QED) is 0.628. The van der Waals surface area contributed by atoms with E-state index >= 15 is 0 Å². The van der Waals surface area contributed by atoms with Crippen LogP contribution < -0.4 is 10.6 Å². The Hall–Kier alpha value is -2.63. The summed E-state index contributed by atoms with van der Waals surface area (Å²) in [6.45, 7) is 1.57. The Bertz CT molecular complexity index is 1080. The first-order chi connectivity index (χ1) is 13.7. The number of amides is 2. The molecule has 0 heterocycles. The first-order valence-electron chi connectivity index (χ1n) is 8.19. The Labute approximate surface area is 174 Å². The van der Waals surface area contributed by atoms with Crippen LogP contribution in [-0.2, 0) is 19.4 Å². The summed E-state index contributed by atoms with van der Waals surface area (Å²) in [5.74, 6) is -2.11. The van der Waals surface area contributed by atoms with E-state index in [1.807, 2.05) is 5.32 Å². The van der Waals surface area contributed by atoms with Crippen LogP contribution >= 0.6 is 11.6 Å². The largest absolute Gasteiger partial charge is 0.426 e. The van der Waals surface area contributed by atoms with E-state index < -0.39 is 27.5 Å². The maximum atomic E-state index is 12.7. The highest BCUT2D eigenvalue weighted by Gasteiger charge is 2.55. The number of nitrogens with one attached hydrogen (secondary N) is 2. The molecule has 0 unspecified atom stereocenters. The Kier molecular flexibility index (Phi) is 6.50. The van der Waals surface area contributed by atoms with Crippen LogP contribution in [-0.4, -0.2) is 37.1 Å². The first-order valence-corrected chi connectivity index (χ1v) is 10.0. The molecule has 30 heavy (non-hydrogen) atoms. The summed E-state index contributed by atoms with van der Waals surface area (Å²) in [6, 6.07) is 8.27. The Balaban J connectivity index is 2.29. The number of aliphatic hydroxyl groups is 1. The van der Waals surface area contributed by atoms with E-state index in [1.165, 1.54) is 31.2 Å². The molecular formula is C18H16ClF3N2O5S. The van der Waals surface area contributed by atoms with Crippen molar-refractivity contribution < 1.29 is 36.3 Å². The summed E-state index contributed by atoms with van der Waals surface area (Å²) in [4.78, 5) is 22.4. The minimum atomic E-state index is -5.23. The van der Waals surface area contributed by atoms with Crippen LogP contribution in [0, 0.1) is 0 Å². The van der Waals surface area contributed by atoms with Gasteiger partial charge in [-0.2, -0.15) is 13.2 Å². The van der Waals surface area contributed by atoms with Crippen molar-refractivity contribution in [2.24, 2.45) is 0 Å². The molecule has 0 fully saturated rings. The van der Waals surface area contributed by atoms with Gasteiger partial charge in [-0.15, -0.1) is 0 Å². The fraction of sp³-hybridized carbons (Fsp3) is 0.222. The molecule has 2 rings (SSSR count). The molecule has 1 atom stereocenters. The van der Waals surface area contributed by atoms with Crippen molar-refractivity contribution in [2.45, 2.75) is 35.4 Å². The number of anilines is 2. The topological polar surface area (TPSA) is 113 Å². The van der Waals surface area contributed by atoms with Gasteiger partial charge in [-0.1, -0.05) is 11.6 Å². The van der Waals surface area contributed by atoms with Gasteiger partial charge in [0.15, 0.2) is 0 Å². The van der Waals surface area contributed by atoms with E-state index in [2.05, 4.69) is 5.32 Å². The number of carbonyl (C=O) groups is 2. The molecule has 0 aromatic heterocycles. The van der Waals surface area contributed by atoms with Gasteiger partial charge in [-0.05, 0) is 49.4 Å². The summed E-state index contributed by atoms with van der Waals surface area (Å²) in [5.41, 5.74) is -3.60. The molecule has 0 aliphatic carbocycles. The van der Waals surface area contributed by atoms with Gasteiger partial charge in [0.1, 0.15) is 0 Å². The summed E-state index contributed by atoms with van der Waals surface area (Å²) in [5, 5.41) is 13.3. The number of benzene rings is 2. The van der Waals surface area contributed by atoms with Crippen molar-refractivity contribution in [3.05, 3.63) is 47.5 Å². The second-order valence-corrected chi connectivity index (χ2v) is 8.73. The number of hydrogen-bond donors (Lipinski definition) is 3. The van der Waals surface area contributed by atoms with Gasteiger partial charge in [0.2, 0.25) is 21.3 Å². The predicted molar refractivity (Wildman–Crippen MR) is 103 cm³/mol. The molecule has 0 aliphatic rings. The number of sulfone groups is 1. The van der Waals surface area contributed by atoms with Crippen LogP contribution in [0.4, 0.5) is 24.5 Å². The second kappa shape index (κ2) is 8.25.